The van der Waals surface area contributed by atoms with Crippen molar-refractivity contribution in [3.8, 4) is 0 Å². The molecule has 2 aromatic rings. The number of nitrogen functional groups attached to an aromatic ring is 1. The van der Waals surface area contributed by atoms with E-state index in [4.69, 9.17) is 5.84 Å². The Hall–Kier alpha value is -1.85. The zero-order chi connectivity index (χ0) is 13.0. The number of nitrogens with one attached hydrogen (secondary N) is 2. The summed E-state index contributed by atoms with van der Waals surface area (Å²) >= 11 is 1.64. The number of aryl methyl sites for hydroxylation is 1. The van der Waals surface area contributed by atoms with Crippen molar-refractivity contribution in [1.82, 2.24) is 5.32 Å². The van der Waals surface area contributed by atoms with Crippen molar-refractivity contribution in [2.45, 2.75) is 13.5 Å². The van der Waals surface area contributed by atoms with Gasteiger partial charge in [0.25, 0.3) is 5.91 Å². The highest BCUT2D eigenvalue weighted by molar-refractivity contribution is 7.08. The molecule has 0 unspecified atom stereocenters. The molecule has 0 aliphatic rings. The third-order valence-electron chi connectivity index (χ3n) is 2.73. The Labute approximate surface area is 110 Å². The molecule has 0 saturated carbocycles. The van der Waals surface area contributed by atoms with E-state index in [1.165, 1.54) is 5.56 Å². The first kappa shape index (κ1) is 12.6. The number of benzene rings is 1. The van der Waals surface area contributed by atoms with Gasteiger partial charge in [-0.25, -0.2) is 0 Å². The molecule has 0 fully saturated rings. The number of thiophene rings is 1. The fourth-order valence-corrected chi connectivity index (χ4v) is 2.50. The lowest BCUT2D eigenvalue weighted by molar-refractivity contribution is 0.0951. The van der Waals surface area contributed by atoms with E-state index < -0.39 is 0 Å². The molecule has 0 saturated heterocycles. The SMILES string of the molecule is Cc1cscc1CNC(=O)c1ccccc1NN. The van der Waals surface area contributed by atoms with Crippen molar-refractivity contribution in [2.75, 3.05) is 5.43 Å². The highest BCUT2D eigenvalue weighted by Crippen LogP contribution is 2.15. The summed E-state index contributed by atoms with van der Waals surface area (Å²) in [7, 11) is 0. The van der Waals surface area contributed by atoms with Crippen LogP contribution in [0.3, 0.4) is 0 Å². The van der Waals surface area contributed by atoms with Gasteiger partial charge in [-0.2, -0.15) is 11.3 Å². The first-order valence-corrected chi connectivity index (χ1v) is 6.52. The molecule has 0 aliphatic carbocycles. The molecular formula is C13H15N3OS. The Bertz CT molecular complexity index is 551. The number of nitrogens with two attached hydrogens (primary N) is 1. The van der Waals surface area contributed by atoms with E-state index >= 15 is 0 Å². The molecule has 1 amide bonds. The quantitative estimate of drug-likeness (QED) is 0.584. The fourth-order valence-electron chi connectivity index (χ4n) is 1.65. The maximum atomic E-state index is 12.0. The Morgan fingerprint density at radius 1 is 1.33 bits per heavy atom. The number of carbonyl (C=O) groups excluding carboxylic acids is 1. The number of carbonyl (C=O) groups is 1. The molecule has 94 valence electrons. The molecule has 4 nitrogen and oxygen atoms in total. The smallest absolute Gasteiger partial charge is 0.253 e. The molecule has 0 radical (unpaired) electrons. The number of amides is 1. The highest BCUT2D eigenvalue weighted by atomic mass is 32.1. The van der Waals surface area contributed by atoms with Crippen molar-refractivity contribution in [2.24, 2.45) is 5.84 Å². The Balaban J connectivity index is 2.06. The Morgan fingerprint density at radius 2 is 2.11 bits per heavy atom. The second-order valence-electron chi connectivity index (χ2n) is 3.95. The summed E-state index contributed by atoms with van der Waals surface area (Å²) in [5, 5.41) is 7.00. The normalized spacial score (nSPS) is 10.1. The van der Waals surface area contributed by atoms with Crippen LogP contribution in [0.5, 0.6) is 0 Å². The minimum absolute atomic E-state index is 0.130. The molecular weight excluding hydrogens is 246 g/mol. The van der Waals surface area contributed by atoms with Crippen molar-refractivity contribution >= 4 is 22.9 Å². The molecule has 2 rings (SSSR count). The lowest BCUT2D eigenvalue weighted by Crippen LogP contribution is -2.24. The molecule has 0 atom stereocenters. The van der Waals surface area contributed by atoms with Crippen molar-refractivity contribution in [1.29, 1.82) is 0 Å². The second-order valence-corrected chi connectivity index (χ2v) is 4.70. The van der Waals surface area contributed by atoms with Gasteiger partial charge in [0.15, 0.2) is 0 Å². The molecule has 18 heavy (non-hydrogen) atoms. The van der Waals surface area contributed by atoms with Gasteiger partial charge in [-0.15, -0.1) is 0 Å². The lowest BCUT2D eigenvalue weighted by Gasteiger charge is -2.09. The van der Waals surface area contributed by atoms with Gasteiger partial charge in [0.1, 0.15) is 0 Å². The van der Waals surface area contributed by atoms with E-state index in [0.29, 0.717) is 17.8 Å². The third-order valence-corrected chi connectivity index (χ3v) is 3.64. The van der Waals surface area contributed by atoms with Gasteiger partial charge < -0.3 is 10.7 Å². The highest BCUT2D eigenvalue weighted by Gasteiger charge is 2.10. The van der Waals surface area contributed by atoms with Crippen LogP contribution in [0.25, 0.3) is 0 Å². The molecule has 0 aliphatic heterocycles. The van der Waals surface area contributed by atoms with Gasteiger partial charge in [-0.1, -0.05) is 12.1 Å². The van der Waals surface area contributed by atoms with Gasteiger partial charge in [0.05, 0.1) is 11.3 Å². The number of anilines is 1. The minimum Gasteiger partial charge on any atom is -0.348 e. The van der Waals surface area contributed by atoms with Crippen molar-refractivity contribution in [3.05, 3.63) is 51.7 Å². The van der Waals surface area contributed by atoms with E-state index in [9.17, 15) is 4.79 Å². The van der Waals surface area contributed by atoms with Gasteiger partial charge in [0, 0.05) is 6.54 Å². The number of hydrogen-bond donors (Lipinski definition) is 3. The van der Waals surface area contributed by atoms with Crippen LogP contribution in [0.15, 0.2) is 35.0 Å². The molecule has 1 aromatic carbocycles. The maximum absolute atomic E-state index is 12.0. The van der Waals surface area contributed by atoms with Crippen LogP contribution < -0.4 is 16.6 Å². The average molecular weight is 261 g/mol. The largest absolute Gasteiger partial charge is 0.348 e. The lowest BCUT2D eigenvalue weighted by atomic mass is 10.1. The summed E-state index contributed by atoms with van der Waals surface area (Å²) < 4.78 is 0. The first-order valence-electron chi connectivity index (χ1n) is 5.58. The molecule has 4 N–H and O–H groups in total. The topological polar surface area (TPSA) is 67.2 Å². The van der Waals surface area contributed by atoms with E-state index in [1.54, 1.807) is 23.5 Å². The van der Waals surface area contributed by atoms with Crippen LogP contribution >= 0.6 is 11.3 Å². The monoisotopic (exact) mass is 261 g/mol. The summed E-state index contributed by atoms with van der Waals surface area (Å²) in [6, 6.07) is 7.15. The molecule has 1 aromatic heterocycles. The van der Waals surface area contributed by atoms with Crippen LogP contribution in [0.2, 0.25) is 0 Å². The second kappa shape index (κ2) is 5.66. The minimum atomic E-state index is -0.130. The molecule has 5 heteroatoms. The standard InChI is InChI=1S/C13H15N3OS/c1-9-7-18-8-10(9)6-15-13(17)11-4-2-3-5-12(11)16-14/h2-5,7-8,16H,6,14H2,1H3,(H,15,17). The molecule has 0 spiro atoms. The van der Waals surface area contributed by atoms with E-state index in [-0.39, 0.29) is 5.91 Å². The summed E-state index contributed by atoms with van der Waals surface area (Å²) in [6.07, 6.45) is 0. The number of hydrogen-bond acceptors (Lipinski definition) is 4. The molecule has 1 heterocycles. The first-order chi connectivity index (χ1) is 8.72. The van der Waals surface area contributed by atoms with E-state index in [2.05, 4.69) is 16.1 Å². The summed E-state index contributed by atoms with van der Waals surface area (Å²) in [6.45, 7) is 2.57. The number of rotatable bonds is 4. The third kappa shape index (κ3) is 2.69. The van der Waals surface area contributed by atoms with Gasteiger partial charge in [-0.3, -0.25) is 10.6 Å². The van der Waals surface area contributed by atoms with Crippen molar-refractivity contribution < 1.29 is 4.79 Å². The van der Waals surface area contributed by atoms with Crippen LogP contribution in [-0.2, 0) is 6.54 Å². The zero-order valence-corrected chi connectivity index (χ0v) is 10.9. The molecule has 0 bridgehead atoms. The average Bonchev–Trinajstić information content (AvgIpc) is 2.81. The van der Waals surface area contributed by atoms with Crippen molar-refractivity contribution in [3.63, 3.8) is 0 Å². The van der Waals surface area contributed by atoms with Gasteiger partial charge in [0.2, 0.25) is 0 Å². The van der Waals surface area contributed by atoms with E-state index in [0.717, 1.165) is 5.56 Å². The van der Waals surface area contributed by atoms with Gasteiger partial charge in [-0.05, 0) is 40.9 Å². The predicted molar refractivity (Wildman–Crippen MR) is 74.5 cm³/mol. The fraction of sp³-hybridized carbons (Fsp3) is 0.154. The van der Waals surface area contributed by atoms with Crippen LogP contribution in [0.4, 0.5) is 5.69 Å². The number of para-hydroxylation sites is 1. The summed E-state index contributed by atoms with van der Waals surface area (Å²) in [5.41, 5.74) is 6.04. The maximum Gasteiger partial charge on any atom is 0.253 e. The number of hydrazine groups is 1. The summed E-state index contributed by atoms with van der Waals surface area (Å²) in [4.78, 5) is 12.0. The van der Waals surface area contributed by atoms with Crippen LogP contribution in [0, 0.1) is 6.92 Å². The van der Waals surface area contributed by atoms with E-state index in [1.807, 2.05) is 24.4 Å². The Kier molecular flexibility index (Phi) is 3.96. The Morgan fingerprint density at radius 3 is 2.78 bits per heavy atom. The van der Waals surface area contributed by atoms with Crippen LogP contribution in [0.1, 0.15) is 21.5 Å². The zero-order valence-electron chi connectivity index (χ0n) is 10.1. The summed E-state index contributed by atoms with van der Waals surface area (Å²) in [5.74, 6) is 5.24. The van der Waals surface area contributed by atoms with Crippen LogP contribution in [-0.4, -0.2) is 5.91 Å². The van der Waals surface area contributed by atoms with Gasteiger partial charge >= 0.3 is 0 Å². The predicted octanol–water partition coefficient (Wildman–Crippen LogP) is 2.27.